The van der Waals surface area contributed by atoms with Gasteiger partial charge in [-0.2, -0.15) is 0 Å². The van der Waals surface area contributed by atoms with Crippen LogP contribution in [-0.4, -0.2) is 24.4 Å². The van der Waals surface area contributed by atoms with Crippen LogP contribution >= 0.6 is 12.2 Å². The monoisotopic (exact) mass is 314 g/mol. The topological polar surface area (TPSA) is 21.8 Å². The van der Waals surface area contributed by atoms with Crippen LogP contribution in [0.1, 0.15) is 84.5 Å². The van der Waals surface area contributed by atoms with E-state index in [2.05, 4.69) is 13.8 Å². The summed E-state index contributed by atoms with van der Waals surface area (Å²) in [6.07, 6.45) is 15.1. The molecule has 0 N–H and O–H groups in total. The molecule has 1 fully saturated rings. The van der Waals surface area contributed by atoms with E-state index in [9.17, 15) is 0 Å². The lowest BCUT2D eigenvalue weighted by Gasteiger charge is -2.19. The Morgan fingerprint density at radius 1 is 1.05 bits per heavy atom. The van der Waals surface area contributed by atoms with Crippen molar-refractivity contribution in [2.24, 2.45) is 5.92 Å². The molecular formula is C18H34O2S. The Kier molecular flexibility index (Phi) is 9.50. The molecule has 21 heavy (non-hydrogen) atoms. The molecule has 0 aliphatic carbocycles. The maximum absolute atomic E-state index is 5.59. The van der Waals surface area contributed by atoms with E-state index in [1.807, 2.05) is 0 Å². The summed E-state index contributed by atoms with van der Waals surface area (Å²) in [7, 11) is 1.65. The summed E-state index contributed by atoms with van der Waals surface area (Å²) in [5, 5.41) is 0.641. The van der Waals surface area contributed by atoms with E-state index in [1.165, 1.54) is 70.6 Å². The highest BCUT2D eigenvalue weighted by Gasteiger charge is 2.54. The third-order valence-corrected chi connectivity index (χ3v) is 5.29. The zero-order valence-electron chi connectivity index (χ0n) is 14.3. The van der Waals surface area contributed by atoms with Gasteiger partial charge < -0.3 is 9.47 Å². The molecule has 1 aliphatic rings. The van der Waals surface area contributed by atoms with Crippen molar-refractivity contribution in [1.29, 1.82) is 0 Å². The number of thiocarbonyl (C=S) groups is 1. The summed E-state index contributed by atoms with van der Waals surface area (Å²) in [5.74, 6) is 0.485. The first-order valence-corrected chi connectivity index (χ1v) is 9.30. The molecular weight excluding hydrogens is 280 g/mol. The maximum Gasteiger partial charge on any atom is 0.194 e. The van der Waals surface area contributed by atoms with Gasteiger partial charge in [-0.25, -0.2) is 0 Å². The Morgan fingerprint density at radius 3 is 1.95 bits per heavy atom. The second-order valence-corrected chi connectivity index (χ2v) is 6.91. The lowest BCUT2D eigenvalue weighted by molar-refractivity contribution is 0.242. The van der Waals surface area contributed by atoms with E-state index in [0.717, 1.165) is 6.61 Å². The van der Waals surface area contributed by atoms with Gasteiger partial charge in [0, 0.05) is 0 Å². The van der Waals surface area contributed by atoms with Crippen molar-refractivity contribution in [3.63, 3.8) is 0 Å². The van der Waals surface area contributed by atoms with Gasteiger partial charge in [0.05, 0.1) is 13.7 Å². The second kappa shape index (κ2) is 10.6. The predicted octanol–water partition coefficient (Wildman–Crippen LogP) is 5.68. The summed E-state index contributed by atoms with van der Waals surface area (Å²) >= 11 is 5.26. The Hall–Kier alpha value is -0.150. The molecule has 0 saturated carbocycles. The molecule has 0 amide bonds. The van der Waals surface area contributed by atoms with E-state index in [0.29, 0.717) is 11.0 Å². The lowest BCUT2D eigenvalue weighted by atomic mass is 9.90. The molecule has 124 valence electrons. The Bertz CT molecular complexity index is 287. The fourth-order valence-electron chi connectivity index (χ4n) is 3.03. The van der Waals surface area contributed by atoms with E-state index in [4.69, 9.17) is 21.7 Å². The van der Waals surface area contributed by atoms with Crippen molar-refractivity contribution >= 4 is 17.3 Å². The summed E-state index contributed by atoms with van der Waals surface area (Å²) in [6.45, 7) is 5.27. The molecule has 0 aromatic rings. The number of epoxide rings is 1. The van der Waals surface area contributed by atoms with Gasteiger partial charge in [0.2, 0.25) is 0 Å². The standard InChI is InChI=1S/C18H34O2S/c1-4-5-6-7-8-9-10-11-12-13-14-16(2)18(15-20-18)17(21)19-3/h16H,4-15H2,1-3H3. The molecule has 3 heteroatoms. The van der Waals surface area contributed by atoms with E-state index >= 15 is 0 Å². The van der Waals surface area contributed by atoms with E-state index < -0.39 is 0 Å². The van der Waals surface area contributed by atoms with Crippen molar-refractivity contribution in [2.45, 2.75) is 90.1 Å². The zero-order chi connectivity index (χ0) is 15.6. The molecule has 0 aromatic heterocycles. The number of unbranched alkanes of at least 4 members (excludes halogenated alkanes) is 9. The van der Waals surface area contributed by atoms with E-state index in [1.54, 1.807) is 7.11 Å². The fourth-order valence-corrected chi connectivity index (χ4v) is 3.34. The van der Waals surface area contributed by atoms with Crippen LogP contribution in [0.25, 0.3) is 0 Å². The van der Waals surface area contributed by atoms with Crippen LogP contribution in [0, 0.1) is 5.92 Å². The first-order valence-electron chi connectivity index (χ1n) is 8.89. The van der Waals surface area contributed by atoms with Crippen molar-refractivity contribution < 1.29 is 9.47 Å². The Morgan fingerprint density at radius 2 is 1.52 bits per heavy atom. The first kappa shape index (κ1) is 18.9. The van der Waals surface area contributed by atoms with Crippen LogP contribution in [0.5, 0.6) is 0 Å². The van der Waals surface area contributed by atoms with Gasteiger partial charge >= 0.3 is 0 Å². The number of hydrogen-bond acceptors (Lipinski definition) is 3. The minimum atomic E-state index is -0.233. The minimum Gasteiger partial charge on any atom is -0.488 e. The van der Waals surface area contributed by atoms with Crippen molar-refractivity contribution in [1.82, 2.24) is 0 Å². The lowest BCUT2D eigenvalue weighted by Crippen LogP contribution is -2.32. The van der Waals surface area contributed by atoms with Gasteiger partial charge in [-0.3, -0.25) is 0 Å². The van der Waals surface area contributed by atoms with Gasteiger partial charge in [-0.1, -0.05) is 78.1 Å². The Labute approximate surface area is 137 Å². The molecule has 2 nitrogen and oxygen atoms in total. The largest absolute Gasteiger partial charge is 0.488 e. The van der Waals surface area contributed by atoms with Crippen LogP contribution in [-0.2, 0) is 9.47 Å². The van der Waals surface area contributed by atoms with Gasteiger partial charge in [0.15, 0.2) is 10.7 Å². The van der Waals surface area contributed by atoms with Gasteiger partial charge in [-0.15, -0.1) is 0 Å². The average molecular weight is 315 g/mol. The number of ether oxygens (including phenoxy) is 2. The summed E-state index contributed by atoms with van der Waals surface area (Å²) in [4.78, 5) is 0. The van der Waals surface area contributed by atoms with Gasteiger partial charge in [0.25, 0.3) is 0 Å². The number of hydrogen-bond donors (Lipinski definition) is 0. The average Bonchev–Trinajstić information content (AvgIpc) is 3.30. The highest BCUT2D eigenvalue weighted by molar-refractivity contribution is 7.80. The molecule has 1 heterocycles. The molecule has 0 aromatic carbocycles. The van der Waals surface area contributed by atoms with Crippen molar-refractivity contribution in [3.05, 3.63) is 0 Å². The third kappa shape index (κ3) is 6.65. The van der Waals surface area contributed by atoms with Crippen LogP contribution in [0.15, 0.2) is 0 Å². The van der Waals surface area contributed by atoms with Crippen molar-refractivity contribution in [3.8, 4) is 0 Å². The number of methoxy groups -OCH3 is 1. The van der Waals surface area contributed by atoms with Crippen LogP contribution in [0.4, 0.5) is 0 Å². The van der Waals surface area contributed by atoms with Crippen LogP contribution in [0.3, 0.4) is 0 Å². The molecule has 0 spiro atoms. The quantitative estimate of drug-likeness (QED) is 0.248. The summed E-state index contributed by atoms with van der Waals surface area (Å²) in [5.41, 5.74) is -0.233. The van der Waals surface area contributed by atoms with Crippen LogP contribution < -0.4 is 0 Å². The third-order valence-electron chi connectivity index (χ3n) is 4.77. The maximum atomic E-state index is 5.59. The molecule has 0 bridgehead atoms. The minimum absolute atomic E-state index is 0.233. The van der Waals surface area contributed by atoms with Crippen molar-refractivity contribution in [2.75, 3.05) is 13.7 Å². The summed E-state index contributed by atoms with van der Waals surface area (Å²) < 4.78 is 10.8. The molecule has 1 aliphatic heterocycles. The molecule has 0 radical (unpaired) electrons. The predicted molar refractivity (Wildman–Crippen MR) is 93.9 cm³/mol. The smallest absolute Gasteiger partial charge is 0.194 e. The Balaban J connectivity index is 1.94. The molecule has 2 unspecified atom stereocenters. The fraction of sp³-hybridized carbons (Fsp3) is 0.944. The summed E-state index contributed by atoms with van der Waals surface area (Å²) in [6, 6.07) is 0. The molecule has 1 saturated heterocycles. The van der Waals surface area contributed by atoms with Crippen LogP contribution in [0.2, 0.25) is 0 Å². The SMILES string of the molecule is CCCCCCCCCCCCC(C)C1(C(=S)OC)CO1. The number of rotatable bonds is 13. The first-order chi connectivity index (χ1) is 10.2. The highest BCUT2D eigenvalue weighted by atomic mass is 32.1. The zero-order valence-corrected chi connectivity index (χ0v) is 15.1. The molecule has 1 rings (SSSR count). The highest BCUT2D eigenvalue weighted by Crippen LogP contribution is 2.39. The second-order valence-electron chi connectivity index (χ2n) is 6.54. The molecule has 2 atom stereocenters. The van der Waals surface area contributed by atoms with Gasteiger partial charge in [-0.05, 0) is 24.6 Å². The normalized spacial score (nSPS) is 22.0. The van der Waals surface area contributed by atoms with E-state index in [-0.39, 0.29) is 5.60 Å². The van der Waals surface area contributed by atoms with Gasteiger partial charge in [0.1, 0.15) is 0 Å².